The SMILES string of the molecule is C[C@H]1OCc2cc(O)cc(O)c21. The summed E-state index contributed by atoms with van der Waals surface area (Å²) in [5, 5.41) is 18.6. The third-order valence-corrected chi connectivity index (χ3v) is 2.12. The minimum Gasteiger partial charge on any atom is -0.508 e. The highest BCUT2D eigenvalue weighted by Crippen LogP contribution is 2.38. The monoisotopic (exact) mass is 166 g/mol. The summed E-state index contributed by atoms with van der Waals surface area (Å²) < 4.78 is 5.29. The largest absolute Gasteiger partial charge is 0.508 e. The number of aromatic hydroxyl groups is 2. The van der Waals surface area contributed by atoms with Crippen LogP contribution in [0.25, 0.3) is 0 Å². The molecule has 0 aliphatic carbocycles. The molecular weight excluding hydrogens is 156 g/mol. The Balaban J connectivity index is 2.60. The van der Waals surface area contributed by atoms with E-state index in [1.807, 2.05) is 6.92 Å². The van der Waals surface area contributed by atoms with Crippen LogP contribution in [0.4, 0.5) is 0 Å². The first kappa shape index (κ1) is 7.43. The summed E-state index contributed by atoms with van der Waals surface area (Å²) in [4.78, 5) is 0. The molecule has 1 aromatic rings. The summed E-state index contributed by atoms with van der Waals surface area (Å²) in [6, 6.07) is 2.96. The van der Waals surface area contributed by atoms with E-state index in [0.717, 1.165) is 11.1 Å². The summed E-state index contributed by atoms with van der Waals surface area (Å²) in [6.07, 6.45) is -0.0689. The molecule has 0 fully saturated rings. The fourth-order valence-corrected chi connectivity index (χ4v) is 1.57. The highest BCUT2D eigenvalue weighted by molar-refractivity contribution is 5.47. The van der Waals surface area contributed by atoms with Gasteiger partial charge in [0, 0.05) is 11.6 Å². The van der Waals surface area contributed by atoms with Crippen LogP contribution in [0.1, 0.15) is 24.2 Å². The molecule has 1 aliphatic heterocycles. The highest BCUT2D eigenvalue weighted by Gasteiger charge is 2.23. The van der Waals surface area contributed by atoms with Gasteiger partial charge in [-0.05, 0) is 18.6 Å². The van der Waals surface area contributed by atoms with Gasteiger partial charge in [-0.2, -0.15) is 0 Å². The molecule has 1 aromatic carbocycles. The Kier molecular flexibility index (Phi) is 1.48. The molecule has 2 rings (SSSR count). The summed E-state index contributed by atoms with van der Waals surface area (Å²) in [5.41, 5.74) is 1.67. The van der Waals surface area contributed by atoms with E-state index in [1.54, 1.807) is 6.07 Å². The zero-order valence-electron chi connectivity index (χ0n) is 6.74. The molecule has 1 aliphatic rings. The lowest BCUT2D eigenvalue weighted by atomic mass is 10.0. The van der Waals surface area contributed by atoms with E-state index in [0.29, 0.717) is 6.61 Å². The Bertz CT molecular complexity index is 320. The summed E-state index contributed by atoms with van der Waals surface area (Å²) in [6.45, 7) is 2.35. The van der Waals surface area contributed by atoms with Gasteiger partial charge in [0.25, 0.3) is 0 Å². The lowest BCUT2D eigenvalue weighted by Crippen LogP contribution is -1.88. The van der Waals surface area contributed by atoms with Crippen molar-refractivity contribution in [2.75, 3.05) is 0 Å². The van der Waals surface area contributed by atoms with Gasteiger partial charge >= 0.3 is 0 Å². The van der Waals surface area contributed by atoms with Crippen molar-refractivity contribution in [3.05, 3.63) is 23.3 Å². The fourth-order valence-electron chi connectivity index (χ4n) is 1.57. The summed E-state index contributed by atoms with van der Waals surface area (Å²) >= 11 is 0. The number of rotatable bonds is 0. The maximum atomic E-state index is 9.44. The molecule has 0 aromatic heterocycles. The van der Waals surface area contributed by atoms with E-state index < -0.39 is 0 Å². The molecule has 12 heavy (non-hydrogen) atoms. The fraction of sp³-hybridized carbons (Fsp3) is 0.333. The Morgan fingerprint density at radius 2 is 2.17 bits per heavy atom. The van der Waals surface area contributed by atoms with Gasteiger partial charge < -0.3 is 14.9 Å². The molecule has 2 N–H and O–H groups in total. The van der Waals surface area contributed by atoms with Crippen LogP contribution in [-0.2, 0) is 11.3 Å². The van der Waals surface area contributed by atoms with E-state index in [4.69, 9.17) is 9.84 Å². The normalized spacial score (nSPS) is 20.9. The lowest BCUT2D eigenvalue weighted by molar-refractivity contribution is 0.0786. The minimum atomic E-state index is -0.0689. The smallest absolute Gasteiger partial charge is 0.125 e. The van der Waals surface area contributed by atoms with Crippen molar-refractivity contribution in [1.82, 2.24) is 0 Å². The maximum absolute atomic E-state index is 9.44. The van der Waals surface area contributed by atoms with Crippen molar-refractivity contribution < 1.29 is 14.9 Å². The lowest BCUT2D eigenvalue weighted by Gasteiger charge is -2.05. The molecule has 3 heteroatoms. The number of fused-ring (bicyclic) bond motifs is 1. The van der Waals surface area contributed by atoms with Crippen LogP contribution in [0, 0.1) is 0 Å². The molecule has 0 spiro atoms. The summed E-state index contributed by atoms with van der Waals surface area (Å²) in [7, 11) is 0. The third kappa shape index (κ3) is 0.940. The standard InChI is InChI=1S/C9H10O3/c1-5-9-6(4-12-5)2-7(10)3-8(9)11/h2-3,5,10-11H,4H2,1H3/t5-/m1/s1. The highest BCUT2D eigenvalue weighted by atomic mass is 16.5. The van der Waals surface area contributed by atoms with Gasteiger partial charge in [-0.25, -0.2) is 0 Å². The van der Waals surface area contributed by atoms with Gasteiger partial charge in [-0.3, -0.25) is 0 Å². The average molecular weight is 166 g/mol. The second-order valence-electron chi connectivity index (χ2n) is 2.99. The van der Waals surface area contributed by atoms with Gasteiger partial charge in [0.15, 0.2) is 0 Å². The quantitative estimate of drug-likeness (QED) is 0.616. The van der Waals surface area contributed by atoms with E-state index >= 15 is 0 Å². The van der Waals surface area contributed by atoms with Crippen LogP contribution in [0.15, 0.2) is 12.1 Å². The van der Waals surface area contributed by atoms with Crippen LogP contribution in [0.3, 0.4) is 0 Å². The minimum absolute atomic E-state index is 0.0689. The number of hydrogen-bond donors (Lipinski definition) is 2. The molecule has 64 valence electrons. The molecule has 0 amide bonds. The molecule has 1 heterocycles. The first-order valence-electron chi connectivity index (χ1n) is 3.85. The van der Waals surface area contributed by atoms with Gasteiger partial charge in [-0.15, -0.1) is 0 Å². The molecule has 0 radical (unpaired) electrons. The molecule has 1 atom stereocenters. The first-order valence-corrected chi connectivity index (χ1v) is 3.85. The second kappa shape index (κ2) is 2.38. The third-order valence-electron chi connectivity index (χ3n) is 2.12. The van der Waals surface area contributed by atoms with Crippen LogP contribution in [0.2, 0.25) is 0 Å². The van der Waals surface area contributed by atoms with Crippen molar-refractivity contribution in [3.8, 4) is 11.5 Å². The Morgan fingerprint density at radius 3 is 2.92 bits per heavy atom. The van der Waals surface area contributed by atoms with Gasteiger partial charge in [0.1, 0.15) is 11.5 Å². The van der Waals surface area contributed by atoms with Gasteiger partial charge in [0.2, 0.25) is 0 Å². The molecule has 0 saturated heterocycles. The van der Waals surface area contributed by atoms with Crippen LogP contribution < -0.4 is 0 Å². The van der Waals surface area contributed by atoms with Crippen LogP contribution >= 0.6 is 0 Å². The first-order chi connectivity index (χ1) is 5.68. The predicted octanol–water partition coefficient (Wildman–Crippen LogP) is 1.69. The van der Waals surface area contributed by atoms with Gasteiger partial charge in [0.05, 0.1) is 12.7 Å². The number of phenolic OH excluding ortho intramolecular Hbond substituents is 2. The molecule has 0 unspecified atom stereocenters. The Morgan fingerprint density at radius 1 is 1.42 bits per heavy atom. The molecule has 0 saturated carbocycles. The molecular formula is C9H10O3. The number of hydrogen-bond acceptors (Lipinski definition) is 3. The number of phenols is 2. The van der Waals surface area contributed by atoms with E-state index in [-0.39, 0.29) is 17.6 Å². The summed E-state index contributed by atoms with van der Waals surface area (Å²) in [5.74, 6) is 0.207. The maximum Gasteiger partial charge on any atom is 0.125 e. The predicted molar refractivity (Wildman–Crippen MR) is 43.0 cm³/mol. The van der Waals surface area contributed by atoms with Crippen molar-refractivity contribution in [2.24, 2.45) is 0 Å². The van der Waals surface area contributed by atoms with Crippen molar-refractivity contribution in [1.29, 1.82) is 0 Å². The van der Waals surface area contributed by atoms with Crippen molar-refractivity contribution >= 4 is 0 Å². The Labute approximate surface area is 70.2 Å². The van der Waals surface area contributed by atoms with E-state index in [2.05, 4.69) is 0 Å². The van der Waals surface area contributed by atoms with Gasteiger partial charge in [-0.1, -0.05) is 0 Å². The zero-order chi connectivity index (χ0) is 8.72. The molecule has 0 bridgehead atoms. The second-order valence-corrected chi connectivity index (χ2v) is 2.99. The number of ether oxygens (including phenoxy) is 1. The van der Waals surface area contributed by atoms with E-state index in [9.17, 15) is 5.11 Å². The molecule has 3 nitrogen and oxygen atoms in total. The van der Waals surface area contributed by atoms with Crippen molar-refractivity contribution in [2.45, 2.75) is 19.6 Å². The van der Waals surface area contributed by atoms with Crippen LogP contribution in [-0.4, -0.2) is 10.2 Å². The topological polar surface area (TPSA) is 49.7 Å². The van der Waals surface area contributed by atoms with E-state index in [1.165, 1.54) is 6.07 Å². The Hall–Kier alpha value is -1.22. The zero-order valence-corrected chi connectivity index (χ0v) is 6.74. The van der Waals surface area contributed by atoms with Crippen LogP contribution in [0.5, 0.6) is 11.5 Å². The average Bonchev–Trinajstić information content (AvgIpc) is 2.31. The van der Waals surface area contributed by atoms with Crippen molar-refractivity contribution in [3.63, 3.8) is 0 Å². The number of benzene rings is 1.